The van der Waals surface area contributed by atoms with E-state index in [2.05, 4.69) is 9.97 Å². The molecule has 0 bridgehead atoms. The lowest BCUT2D eigenvalue weighted by Crippen LogP contribution is -2.35. The molecule has 0 aliphatic carbocycles. The Kier molecular flexibility index (Phi) is 5.35. The Morgan fingerprint density at radius 3 is 2.52 bits per heavy atom. The Morgan fingerprint density at radius 1 is 1.40 bits per heavy atom. The van der Waals surface area contributed by atoms with Gasteiger partial charge in [0, 0.05) is 0 Å². The second kappa shape index (κ2) is 6.98. The van der Waals surface area contributed by atoms with Crippen LogP contribution in [-0.4, -0.2) is 55.7 Å². The van der Waals surface area contributed by atoms with Gasteiger partial charge >= 0.3 is 5.97 Å². The number of methoxy groups -OCH3 is 1. The highest BCUT2D eigenvalue weighted by molar-refractivity contribution is 7.92. The first-order valence-corrected chi connectivity index (χ1v) is 9.09. The highest BCUT2D eigenvalue weighted by Gasteiger charge is 2.28. The number of nitrogens with zero attached hydrogens (tertiary/aromatic N) is 3. The molecule has 134 valence electrons. The molecule has 0 fully saturated rings. The van der Waals surface area contributed by atoms with Crippen molar-refractivity contribution in [1.82, 2.24) is 9.97 Å². The number of hydrogen-bond donors (Lipinski definition) is 1. The van der Waals surface area contributed by atoms with Gasteiger partial charge in [0.1, 0.15) is 17.7 Å². The van der Waals surface area contributed by atoms with E-state index in [4.69, 9.17) is 33.0 Å². The van der Waals surface area contributed by atoms with Crippen LogP contribution in [0.5, 0.6) is 5.88 Å². The molecule has 0 saturated heterocycles. The molecular formula is C13H11Cl2N3O6S. The van der Waals surface area contributed by atoms with Crippen molar-refractivity contribution in [3.8, 4) is 5.88 Å². The van der Waals surface area contributed by atoms with E-state index < -0.39 is 22.5 Å². The van der Waals surface area contributed by atoms with Crippen molar-refractivity contribution >= 4 is 62.2 Å². The Balaban J connectivity index is 2.95. The minimum atomic E-state index is -4.05. The number of carbonyl (C=O) groups is 2. The van der Waals surface area contributed by atoms with Gasteiger partial charge in [-0.1, -0.05) is 23.2 Å². The Hall–Kier alpha value is -2.17. The normalized spacial score (nSPS) is 11.4. The Morgan fingerprint density at radius 2 is 2.04 bits per heavy atom. The first-order valence-electron chi connectivity index (χ1n) is 6.48. The SMILES string of the molecule is COc1nc2c(N(CC(=O)O)S(C)(=O)=O)c(Cl)c(Cl)cc2nc1C=O. The molecule has 12 heteroatoms. The summed E-state index contributed by atoms with van der Waals surface area (Å²) in [6.45, 7) is -0.909. The number of fused-ring (bicyclic) bond motifs is 1. The van der Waals surface area contributed by atoms with E-state index in [1.807, 2.05) is 0 Å². The van der Waals surface area contributed by atoms with Crippen LogP contribution in [0.4, 0.5) is 5.69 Å². The summed E-state index contributed by atoms with van der Waals surface area (Å²) in [6.07, 6.45) is 1.21. The van der Waals surface area contributed by atoms with E-state index in [9.17, 15) is 18.0 Å². The van der Waals surface area contributed by atoms with Gasteiger partial charge in [0.05, 0.1) is 28.9 Å². The fourth-order valence-corrected chi connectivity index (χ4v) is 3.40. The van der Waals surface area contributed by atoms with Crippen LogP contribution in [0.15, 0.2) is 6.07 Å². The lowest BCUT2D eigenvalue weighted by atomic mass is 10.2. The maximum atomic E-state index is 12.1. The average molecular weight is 408 g/mol. The summed E-state index contributed by atoms with van der Waals surface area (Å²) in [5, 5.41) is 8.72. The number of carboxylic acid groups (broad SMARTS) is 1. The van der Waals surface area contributed by atoms with E-state index >= 15 is 0 Å². The second-order valence-corrected chi connectivity index (χ2v) is 7.48. The fourth-order valence-electron chi connectivity index (χ4n) is 2.06. The molecule has 1 N–H and O–H groups in total. The van der Waals surface area contributed by atoms with E-state index in [-0.39, 0.29) is 38.3 Å². The van der Waals surface area contributed by atoms with Gasteiger partial charge in [0.2, 0.25) is 15.9 Å². The number of anilines is 1. The zero-order valence-electron chi connectivity index (χ0n) is 12.9. The maximum Gasteiger partial charge on any atom is 0.324 e. The number of aldehydes is 1. The van der Waals surface area contributed by atoms with Crippen LogP contribution < -0.4 is 9.04 Å². The number of carboxylic acids is 1. The van der Waals surface area contributed by atoms with E-state index in [0.717, 1.165) is 6.26 Å². The largest absolute Gasteiger partial charge is 0.480 e. The van der Waals surface area contributed by atoms with E-state index in [0.29, 0.717) is 10.6 Å². The van der Waals surface area contributed by atoms with Gasteiger partial charge in [0.25, 0.3) is 0 Å². The molecule has 2 rings (SSSR count). The van der Waals surface area contributed by atoms with Crippen LogP contribution in [0.3, 0.4) is 0 Å². The number of rotatable bonds is 6. The van der Waals surface area contributed by atoms with Gasteiger partial charge in [-0.3, -0.25) is 13.9 Å². The molecule has 0 amide bonds. The lowest BCUT2D eigenvalue weighted by molar-refractivity contribution is -0.135. The lowest BCUT2D eigenvalue weighted by Gasteiger charge is -2.23. The van der Waals surface area contributed by atoms with Crippen LogP contribution in [0.2, 0.25) is 10.0 Å². The van der Waals surface area contributed by atoms with Gasteiger partial charge in [-0.15, -0.1) is 0 Å². The zero-order chi connectivity index (χ0) is 18.9. The van der Waals surface area contributed by atoms with Gasteiger partial charge < -0.3 is 9.84 Å². The number of aliphatic carboxylic acids is 1. The predicted octanol–water partition coefficient (Wildman–Crippen LogP) is 1.61. The zero-order valence-corrected chi connectivity index (χ0v) is 15.2. The number of sulfonamides is 1. The monoisotopic (exact) mass is 407 g/mol. The molecule has 1 heterocycles. The molecule has 0 spiro atoms. The molecule has 0 aliphatic rings. The number of ether oxygens (including phenoxy) is 1. The molecule has 0 saturated carbocycles. The molecule has 1 aromatic heterocycles. The summed E-state index contributed by atoms with van der Waals surface area (Å²) >= 11 is 12.1. The molecule has 0 aliphatic heterocycles. The summed E-state index contributed by atoms with van der Waals surface area (Å²) in [5.41, 5.74) is -0.435. The fraction of sp³-hybridized carbons (Fsp3) is 0.231. The van der Waals surface area contributed by atoms with Gasteiger partial charge in [0.15, 0.2) is 12.0 Å². The topological polar surface area (TPSA) is 127 Å². The molecule has 9 nitrogen and oxygen atoms in total. The van der Waals surface area contributed by atoms with E-state index in [1.54, 1.807) is 0 Å². The Labute approximate surface area is 152 Å². The van der Waals surface area contributed by atoms with Crippen LogP contribution in [0.25, 0.3) is 11.0 Å². The number of aromatic nitrogens is 2. The van der Waals surface area contributed by atoms with Crippen molar-refractivity contribution in [3.63, 3.8) is 0 Å². The summed E-state index contributed by atoms with van der Waals surface area (Å²) in [5.74, 6) is -1.59. The average Bonchev–Trinajstić information content (AvgIpc) is 2.52. The van der Waals surface area contributed by atoms with Gasteiger partial charge in [-0.05, 0) is 6.07 Å². The Bertz CT molecular complexity index is 980. The summed E-state index contributed by atoms with van der Waals surface area (Å²) < 4.78 is 29.6. The van der Waals surface area contributed by atoms with Crippen molar-refractivity contribution < 1.29 is 27.9 Å². The smallest absolute Gasteiger partial charge is 0.324 e. The number of carbonyl (C=O) groups excluding carboxylic acids is 1. The van der Waals surface area contributed by atoms with Crippen LogP contribution >= 0.6 is 23.2 Å². The molecule has 0 atom stereocenters. The standard InChI is InChI=1S/C13H11Cl2N3O6S/c1-24-13-8(5-19)16-7-3-6(14)10(15)12(11(7)17-13)18(4-9(20)21)25(2,22)23/h3,5H,4H2,1-2H3,(H,20,21). The number of halogens is 2. The quantitative estimate of drug-likeness (QED) is 0.715. The summed E-state index contributed by atoms with van der Waals surface area (Å²) in [7, 11) is -2.81. The predicted molar refractivity (Wildman–Crippen MR) is 91.3 cm³/mol. The maximum absolute atomic E-state index is 12.1. The summed E-state index contributed by atoms with van der Waals surface area (Å²) in [4.78, 5) is 30.2. The molecule has 2 aromatic rings. The second-order valence-electron chi connectivity index (χ2n) is 4.79. The van der Waals surface area contributed by atoms with Crippen LogP contribution in [0.1, 0.15) is 10.5 Å². The third kappa shape index (κ3) is 3.75. The minimum absolute atomic E-state index is 0.0475. The van der Waals surface area contributed by atoms with Crippen molar-refractivity contribution in [2.45, 2.75) is 0 Å². The van der Waals surface area contributed by atoms with E-state index in [1.165, 1.54) is 13.2 Å². The van der Waals surface area contributed by atoms with Crippen molar-refractivity contribution in [2.75, 3.05) is 24.2 Å². The van der Waals surface area contributed by atoms with Crippen molar-refractivity contribution in [1.29, 1.82) is 0 Å². The van der Waals surface area contributed by atoms with Gasteiger partial charge in [-0.2, -0.15) is 0 Å². The number of hydrogen-bond acceptors (Lipinski definition) is 7. The first kappa shape index (κ1) is 19.2. The van der Waals surface area contributed by atoms with Crippen molar-refractivity contribution in [3.05, 3.63) is 21.8 Å². The molecule has 25 heavy (non-hydrogen) atoms. The van der Waals surface area contributed by atoms with Gasteiger partial charge in [-0.25, -0.2) is 18.4 Å². The highest BCUT2D eigenvalue weighted by Crippen LogP contribution is 2.40. The third-order valence-corrected chi connectivity index (χ3v) is 4.94. The minimum Gasteiger partial charge on any atom is -0.480 e. The highest BCUT2D eigenvalue weighted by atomic mass is 35.5. The molecular weight excluding hydrogens is 397 g/mol. The molecule has 1 aromatic carbocycles. The van der Waals surface area contributed by atoms with Crippen molar-refractivity contribution in [2.24, 2.45) is 0 Å². The molecule has 0 radical (unpaired) electrons. The third-order valence-electron chi connectivity index (χ3n) is 3.05. The first-order chi connectivity index (χ1) is 11.6. The summed E-state index contributed by atoms with van der Waals surface area (Å²) in [6, 6.07) is 1.28. The van der Waals surface area contributed by atoms with Crippen LogP contribution in [0, 0.1) is 0 Å². The molecule has 0 unspecified atom stereocenters. The number of benzene rings is 1. The van der Waals surface area contributed by atoms with Crippen LogP contribution in [-0.2, 0) is 14.8 Å².